The maximum Gasteiger partial charge on any atom is 0.216 e. The van der Waals surface area contributed by atoms with Crippen molar-refractivity contribution < 1.29 is 19.1 Å². The fraction of sp³-hybridized carbons (Fsp3) is 0.500. The summed E-state index contributed by atoms with van der Waals surface area (Å²) in [5, 5.41) is 2.71. The molecule has 1 aromatic carbocycles. The number of rotatable bonds is 9. The van der Waals surface area contributed by atoms with Crippen LogP contribution in [0.2, 0.25) is 0 Å². The van der Waals surface area contributed by atoms with E-state index in [2.05, 4.69) is 12.2 Å². The first-order valence-corrected chi connectivity index (χ1v) is 7.89. The van der Waals surface area contributed by atoms with Gasteiger partial charge in [0, 0.05) is 26.3 Å². The third-order valence-corrected chi connectivity index (χ3v) is 2.80. The highest BCUT2D eigenvalue weighted by atomic mass is 16.5. The van der Waals surface area contributed by atoms with Crippen LogP contribution in [0.5, 0.6) is 5.75 Å². The van der Waals surface area contributed by atoms with Crippen LogP contribution in [0.1, 0.15) is 46.5 Å². The molecule has 1 aromatic rings. The summed E-state index contributed by atoms with van der Waals surface area (Å²) in [6.45, 7) is 5.98. The predicted octanol–water partition coefficient (Wildman–Crippen LogP) is 2.93. The molecule has 1 rings (SSSR count). The largest absolute Gasteiger partial charge is 0.486 e. The zero-order chi connectivity index (χ0) is 17.5. The standard InChI is InChI=1S/C12H14O3.C6H13NO/c1-10(13)7-8-11(14)9-15-12-5-3-2-4-6-12;1-3-4-5-7-6(2)8/h2-6H,7-9H2,1H3;3-5H2,1-2H3,(H,7,8). The first kappa shape index (κ1) is 20.8. The van der Waals surface area contributed by atoms with Crippen molar-refractivity contribution in [3.63, 3.8) is 0 Å². The van der Waals surface area contributed by atoms with E-state index in [9.17, 15) is 14.4 Å². The van der Waals surface area contributed by atoms with Crippen LogP contribution in [0.25, 0.3) is 0 Å². The molecule has 0 spiro atoms. The third kappa shape index (κ3) is 14.5. The summed E-state index contributed by atoms with van der Waals surface area (Å²) in [6, 6.07) is 9.14. The average molecular weight is 321 g/mol. The molecule has 0 aliphatic heterocycles. The van der Waals surface area contributed by atoms with Crippen LogP contribution >= 0.6 is 0 Å². The van der Waals surface area contributed by atoms with E-state index < -0.39 is 0 Å². The number of ether oxygens (including phenoxy) is 1. The third-order valence-electron chi connectivity index (χ3n) is 2.80. The Balaban J connectivity index is 0.000000515. The molecule has 0 saturated carbocycles. The van der Waals surface area contributed by atoms with Crippen molar-refractivity contribution >= 4 is 17.5 Å². The maximum atomic E-state index is 11.2. The quantitative estimate of drug-likeness (QED) is 0.710. The number of hydrogen-bond donors (Lipinski definition) is 1. The van der Waals surface area contributed by atoms with Crippen molar-refractivity contribution in [2.24, 2.45) is 0 Å². The molecular formula is C18H27NO4. The van der Waals surface area contributed by atoms with Crippen LogP contribution in [-0.2, 0) is 14.4 Å². The average Bonchev–Trinajstić information content (AvgIpc) is 2.52. The van der Waals surface area contributed by atoms with Gasteiger partial charge in [0.15, 0.2) is 5.78 Å². The molecule has 0 aliphatic rings. The van der Waals surface area contributed by atoms with Crippen LogP contribution in [0, 0.1) is 0 Å². The van der Waals surface area contributed by atoms with E-state index >= 15 is 0 Å². The monoisotopic (exact) mass is 321 g/mol. The van der Waals surface area contributed by atoms with Crippen molar-refractivity contribution in [2.45, 2.75) is 46.5 Å². The van der Waals surface area contributed by atoms with E-state index in [1.54, 1.807) is 12.1 Å². The lowest BCUT2D eigenvalue weighted by Gasteiger charge is -2.03. The Hall–Kier alpha value is -2.17. The molecule has 1 N–H and O–H groups in total. The summed E-state index contributed by atoms with van der Waals surface area (Å²) in [5.41, 5.74) is 0. The van der Waals surface area contributed by atoms with Gasteiger partial charge in [0.1, 0.15) is 18.1 Å². The highest BCUT2D eigenvalue weighted by Crippen LogP contribution is 2.08. The van der Waals surface area contributed by atoms with Gasteiger partial charge in [-0.1, -0.05) is 31.5 Å². The number of ketones is 2. The van der Waals surface area contributed by atoms with Gasteiger partial charge in [0.2, 0.25) is 5.91 Å². The molecule has 0 atom stereocenters. The van der Waals surface area contributed by atoms with Crippen LogP contribution in [0.15, 0.2) is 30.3 Å². The lowest BCUT2D eigenvalue weighted by Crippen LogP contribution is -2.20. The zero-order valence-electron chi connectivity index (χ0n) is 14.3. The Labute approximate surface area is 138 Å². The number of carbonyl (C=O) groups is 3. The number of carbonyl (C=O) groups excluding carboxylic acids is 3. The normalized spacial score (nSPS) is 9.35. The number of benzene rings is 1. The fourth-order valence-corrected chi connectivity index (χ4v) is 1.51. The summed E-state index contributed by atoms with van der Waals surface area (Å²) in [7, 11) is 0. The number of para-hydroxylation sites is 1. The summed E-state index contributed by atoms with van der Waals surface area (Å²) in [4.78, 5) is 32.1. The molecule has 0 aromatic heterocycles. The Bertz CT molecular complexity index is 471. The van der Waals surface area contributed by atoms with E-state index in [1.807, 2.05) is 18.2 Å². The van der Waals surface area contributed by atoms with Crippen LogP contribution in [0.3, 0.4) is 0 Å². The second-order valence-corrected chi connectivity index (χ2v) is 5.18. The van der Waals surface area contributed by atoms with E-state index in [1.165, 1.54) is 13.8 Å². The second kappa shape index (κ2) is 13.5. The number of nitrogens with one attached hydrogen (secondary N) is 1. The summed E-state index contributed by atoms with van der Waals surface area (Å²) >= 11 is 0. The smallest absolute Gasteiger partial charge is 0.216 e. The lowest BCUT2D eigenvalue weighted by atomic mass is 10.2. The number of Topliss-reactive ketones (excluding diaryl/α,β-unsaturated/α-hetero) is 2. The van der Waals surface area contributed by atoms with Gasteiger partial charge in [-0.2, -0.15) is 0 Å². The molecule has 5 nitrogen and oxygen atoms in total. The predicted molar refractivity (Wildman–Crippen MR) is 90.5 cm³/mol. The first-order chi connectivity index (χ1) is 11.0. The minimum absolute atomic E-state index is 0.0306. The summed E-state index contributed by atoms with van der Waals surface area (Å²) in [6.07, 6.45) is 2.79. The van der Waals surface area contributed by atoms with Gasteiger partial charge in [-0.25, -0.2) is 0 Å². The Kier molecular flexibility index (Phi) is 12.2. The molecule has 0 bridgehead atoms. The van der Waals surface area contributed by atoms with Gasteiger partial charge in [0.25, 0.3) is 0 Å². The van der Waals surface area contributed by atoms with Crippen molar-refractivity contribution in [1.29, 1.82) is 0 Å². The van der Waals surface area contributed by atoms with Crippen LogP contribution < -0.4 is 10.1 Å². The highest BCUT2D eigenvalue weighted by molar-refractivity contribution is 5.85. The minimum Gasteiger partial charge on any atom is -0.486 e. The fourth-order valence-electron chi connectivity index (χ4n) is 1.51. The SMILES string of the molecule is CC(=O)CCC(=O)COc1ccccc1.CCCCNC(C)=O. The molecule has 0 unspecified atom stereocenters. The lowest BCUT2D eigenvalue weighted by molar-refractivity contribution is -0.124. The van der Waals surface area contributed by atoms with Crippen molar-refractivity contribution in [3.05, 3.63) is 30.3 Å². The molecule has 0 saturated heterocycles. The highest BCUT2D eigenvalue weighted by Gasteiger charge is 2.04. The zero-order valence-corrected chi connectivity index (χ0v) is 14.3. The van der Waals surface area contributed by atoms with Crippen molar-refractivity contribution in [1.82, 2.24) is 5.32 Å². The van der Waals surface area contributed by atoms with Gasteiger partial charge in [-0.15, -0.1) is 0 Å². The minimum atomic E-state index is -0.0472. The molecule has 0 heterocycles. The molecule has 1 amide bonds. The van der Waals surface area contributed by atoms with E-state index in [0.717, 1.165) is 19.4 Å². The van der Waals surface area contributed by atoms with Gasteiger partial charge < -0.3 is 14.8 Å². The van der Waals surface area contributed by atoms with E-state index in [0.29, 0.717) is 12.2 Å². The number of hydrogen-bond acceptors (Lipinski definition) is 4. The van der Waals surface area contributed by atoms with Gasteiger partial charge in [0.05, 0.1) is 0 Å². The molecule has 23 heavy (non-hydrogen) atoms. The van der Waals surface area contributed by atoms with Crippen molar-refractivity contribution in [3.8, 4) is 5.75 Å². The topological polar surface area (TPSA) is 72.5 Å². The maximum absolute atomic E-state index is 11.2. The molecule has 5 heteroatoms. The molecule has 0 fully saturated rings. The van der Waals surface area contributed by atoms with E-state index in [-0.39, 0.29) is 30.5 Å². The number of unbranched alkanes of at least 4 members (excludes halogenated alkanes) is 1. The Morgan fingerprint density at radius 3 is 2.22 bits per heavy atom. The molecule has 0 aliphatic carbocycles. The van der Waals surface area contributed by atoms with Gasteiger partial charge >= 0.3 is 0 Å². The Morgan fingerprint density at radius 2 is 1.70 bits per heavy atom. The molecular weight excluding hydrogens is 294 g/mol. The Morgan fingerprint density at radius 1 is 1.04 bits per heavy atom. The van der Waals surface area contributed by atoms with E-state index in [4.69, 9.17) is 4.74 Å². The summed E-state index contributed by atoms with van der Waals surface area (Å²) in [5.74, 6) is 0.726. The first-order valence-electron chi connectivity index (χ1n) is 7.89. The van der Waals surface area contributed by atoms with Crippen LogP contribution in [0.4, 0.5) is 0 Å². The molecule has 0 radical (unpaired) electrons. The van der Waals surface area contributed by atoms with Crippen molar-refractivity contribution in [2.75, 3.05) is 13.2 Å². The second-order valence-electron chi connectivity index (χ2n) is 5.18. The van der Waals surface area contributed by atoms with Gasteiger partial charge in [-0.3, -0.25) is 9.59 Å². The van der Waals surface area contributed by atoms with Crippen LogP contribution in [-0.4, -0.2) is 30.6 Å². The number of amides is 1. The summed E-state index contributed by atoms with van der Waals surface area (Å²) < 4.78 is 5.24. The van der Waals surface area contributed by atoms with Gasteiger partial charge in [-0.05, 0) is 25.5 Å². The molecule has 128 valence electrons.